The Kier molecular flexibility index (Phi) is 27.0. The average Bonchev–Trinajstić information content (AvgIpc) is 3.09. The molecule has 0 radical (unpaired) electrons. The summed E-state index contributed by atoms with van der Waals surface area (Å²) < 4.78 is 53.7. The summed E-state index contributed by atoms with van der Waals surface area (Å²) in [4.78, 5) is 25.2. The highest BCUT2D eigenvalue weighted by Crippen LogP contribution is 2.24. The second kappa shape index (κ2) is 29.3. The van der Waals surface area contributed by atoms with Gasteiger partial charge >= 0.3 is 11.9 Å². The molecule has 0 amide bonds. The van der Waals surface area contributed by atoms with Crippen molar-refractivity contribution in [2.24, 2.45) is 0 Å². The van der Waals surface area contributed by atoms with E-state index in [1.165, 1.54) is 0 Å². The van der Waals surface area contributed by atoms with Crippen LogP contribution in [0.4, 0.5) is 0 Å². The van der Waals surface area contributed by atoms with E-state index in [9.17, 15) is 37.9 Å². The standard InChI is InChI=1S/C38H66O12S/c1-3-5-7-9-11-13-15-16-17-19-21-23-25-27-34(40)49-31(28-47-33(39)26-24-22-20-18-14-12-10-8-6-4-2)29-48-38-37(43)36(42)35(41)32(50-38)30-51(44,45)46/h7-10,13,15,31-32,35-38,41-43H,3-6,11-12,14,16-30H2,1-2H3,(H,44,45,46)/b9-7-,10-8-,15-13-. The van der Waals surface area contributed by atoms with E-state index in [1.807, 2.05) is 0 Å². The number of aliphatic hydroxyl groups excluding tert-OH is 3. The summed E-state index contributed by atoms with van der Waals surface area (Å²) in [7, 11) is -4.60. The van der Waals surface area contributed by atoms with Gasteiger partial charge in [-0.15, -0.1) is 0 Å². The highest BCUT2D eigenvalue weighted by atomic mass is 32.2. The molecule has 1 fully saturated rings. The summed E-state index contributed by atoms with van der Waals surface area (Å²) in [5, 5.41) is 30.7. The number of esters is 2. The lowest BCUT2D eigenvalue weighted by Gasteiger charge is -2.40. The van der Waals surface area contributed by atoms with Gasteiger partial charge in [-0.05, 0) is 57.8 Å². The van der Waals surface area contributed by atoms with Crippen molar-refractivity contribution in [1.82, 2.24) is 0 Å². The Balaban J connectivity index is 2.55. The van der Waals surface area contributed by atoms with Crippen LogP contribution in [0.3, 0.4) is 0 Å². The molecule has 6 atom stereocenters. The molecule has 0 aliphatic carbocycles. The maximum atomic E-state index is 12.7. The Bertz CT molecular complexity index is 1110. The fourth-order valence-electron chi connectivity index (χ4n) is 5.42. The number of carbonyl (C=O) groups excluding carboxylic acids is 2. The first kappa shape index (κ1) is 46.9. The number of hydrogen-bond acceptors (Lipinski definition) is 11. The van der Waals surface area contributed by atoms with Crippen LogP contribution >= 0.6 is 0 Å². The molecule has 12 nitrogen and oxygen atoms in total. The lowest BCUT2D eigenvalue weighted by atomic mass is 10.00. The van der Waals surface area contributed by atoms with E-state index >= 15 is 0 Å². The summed E-state index contributed by atoms with van der Waals surface area (Å²) in [5.74, 6) is -2.02. The third-order valence-corrected chi connectivity index (χ3v) is 9.15. The number of ether oxygens (including phenoxy) is 4. The average molecular weight is 747 g/mol. The molecular formula is C38H66O12S. The molecule has 1 heterocycles. The molecule has 0 bridgehead atoms. The molecular weight excluding hydrogens is 680 g/mol. The summed E-state index contributed by atoms with van der Waals surface area (Å²) in [6.07, 6.45) is 20.7. The summed E-state index contributed by atoms with van der Waals surface area (Å²) in [6, 6.07) is 0. The monoisotopic (exact) mass is 746 g/mol. The Morgan fingerprint density at radius 2 is 1.18 bits per heavy atom. The molecule has 13 heteroatoms. The maximum absolute atomic E-state index is 12.7. The largest absolute Gasteiger partial charge is 0.462 e. The Hall–Kier alpha value is -2.13. The van der Waals surface area contributed by atoms with Crippen molar-refractivity contribution in [3.63, 3.8) is 0 Å². The van der Waals surface area contributed by atoms with Crippen LogP contribution in [-0.2, 0) is 38.7 Å². The minimum absolute atomic E-state index is 0.146. The maximum Gasteiger partial charge on any atom is 0.306 e. The first-order valence-corrected chi connectivity index (χ1v) is 20.7. The predicted octanol–water partition coefficient (Wildman–Crippen LogP) is 6.27. The van der Waals surface area contributed by atoms with Crippen molar-refractivity contribution in [1.29, 1.82) is 0 Å². The Labute approximate surface area is 306 Å². The van der Waals surface area contributed by atoms with Crippen molar-refractivity contribution in [3.05, 3.63) is 36.5 Å². The van der Waals surface area contributed by atoms with Gasteiger partial charge in [0, 0.05) is 12.8 Å². The lowest BCUT2D eigenvalue weighted by molar-refractivity contribution is -0.297. The van der Waals surface area contributed by atoms with Gasteiger partial charge in [0.05, 0.1) is 6.61 Å². The highest BCUT2D eigenvalue weighted by molar-refractivity contribution is 7.85. The number of aliphatic hydroxyl groups is 3. The van der Waals surface area contributed by atoms with E-state index in [0.717, 1.165) is 96.3 Å². The topological polar surface area (TPSA) is 186 Å². The number of rotatable bonds is 30. The predicted molar refractivity (Wildman–Crippen MR) is 196 cm³/mol. The van der Waals surface area contributed by atoms with Crippen LogP contribution in [0.15, 0.2) is 36.5 Å². The zero-order chi connectivity index (χ0) is 37.7. The van der Waals surface area contributed by atoms with Gasteiger partial charge in [-0.3, -0.25) is 14.1 Å². The normalized spacial score (nSPS) is 21.9. The molecule has 6 unspecified atom stereocenters. The van der Waals surface area contributed by atoms with Crippen LogP contribution < -0.4 is 0 Å². The molecule has 51 heavy (non-hydrogen) atoms. The number of hydrogen-bond donors (Lipinski definition) is 4. The molecule has 0 aromatic rings. The summed E-state index contributed by atoms with van der Waals surface area (Å²) >= 11 is 0. The van der Waals surface area contributed by atoms with Crippen molar-refractivity contribution in [2.75, 3.05) is 19.0 Å². The van der Waals surface area contributed by atoms with Crippen molar-refractivity contribution < 1.29 is 56.8 Å². The van der Waals surface area contributed by atoms with Gasteiger partial charge < -0.3 is 34.3 Å². The molecule has 296 valence electrons. The van der Waals surface area contributed by atoms with E-state index < -0.39 is 71.2 Å². The fraction of sp³-hybridized carbons (Fsp3) is 0.789. The molecule has 0 spiro atoms. The molecule has 1 aliphatic rings. The molecule has 0 aromatic heterocycles. The van der Waals surface area contributed by atoms with Crippen LogP contribution in [0.25, 0.3) is 0 Å². The van der Waals surface area contributed by atoms with Gasteiger partial charge in [-0.25, -0.2) is 0 Å². The quantitative estimate of drug-likeness (QED) is 0.0280. The molecule has 1 rings (SSSR count). The van der Waals surface area contributed by atoms with Crippen LogP contribution in [0, 0.1) is 0 Å². The molecule has 1 aliphatic heterocycles. The van der Waals surface area contributed by atoms with E-state index in [1.54, 1.807) is 0 Å². The van der Waals surface area contributed by atoms with E-state index in [2.05, 4.69) is 50.3 Å². The molecule has 0 saturated carbocycles. The number of allylic oxidation sites excluding steroid dienone is 6. The van der Waals surface area contributed by atoms with Gasteiger partial charge in [-0.1, -0.05) is 102 Å². The van der Waals surface area contributed by atoms with Gasteiger partial charge in [0.1, 0.15) is 36.8 Å². The second-order valence-electron chi connectivity index (χ2n) is 13.2. The summed E-state index contributed by atoms with van der Waals surface area (Å²) in [5.41, 5.74) is 0. The Morgan fingerprint density at radius 3 is 1.76 bits per heavy atom. The lowest BCUT2D eigenvalue weighted by Crippen LogP contribution is -2.60. The molecule has 1 saturated heterocycles. The van der Waals surface area contributed by atoms with E-state index in [-0.39, 0.29) is 19.4 Å². The van der Waals surface area contributed by atoms with Crippen molar-refractivity contribution in [2.45, 2.75) is 173 Å². The van der Waals surface area contributed by atoms with Crippen LogP contribution in [0.1, 0.15) is 136 Å². The highest BCUT2D eigenvalue weighted by Gasteiger charge is 2.46. The smallest absolute Gasteiger partial charge is 0.306 e. The Morgan fingerprint density at radius 1 is 0.667 bits per heavy atom. The molecule has 4 N–H and O–H groups in total. The summed E-state index contributed by atoms with van der Waals surface area (Å²) in [6.45, 7) is 3.57. The van der Waals surface area contributed by atoms with Gasteiger partial charge in [0.25, 0.3) is 10.1 Å². The minimum Gasteiger partial charge on any atom is -0.462 e. The van der Waals surface area contributed by atoms with Crippen molar-refractivity contribution in [3.8, 4) is 0 Å². The fourth-order valence-corrected chi connectivity index (χ4v) is 6.11. The number of unbranched alkanes of at least 4 members (excludes halogenated alkanes) is 12. The van der Waals surface area contributed by atoms with Crippen LogP contribution in [-0.4, -0.2) is 96.0 Å². The number of carbonyl (C=O) groups is 2. The first-order valence-electron chi connectivity index (χ1n) is 19.0. The first-order chi connectivity index (χ1) is 24.5. The minimum atomic E-state index is -4.60. The van der Waals surface area contributed by atoms with Gasteiger partial charge in [-0.2, -0.15) is 8.42 Å². The third kappa shape index (κ3) is 24.7. The van der Waals surface area contributed by atoms with Crippen molar-refractivity contribution >= 4 is 22.1 Å². The van der Waals surface area contributed by atoms with Gasteiger partial charge in [0.15, 0.2) is 12.4 Å². The molecule has 0 aromatic carbocycles. The van der Waals surface area contributed by atoms with Crippen LogP contribution in [0.5, 0.6) is 0 Å². The van der Waals surface area contributed by atoms with E-state index in [0.29, 0.717) is 12.8 Å². The third-order valence-electron chi connectivity index (χ3n) is 8.40. The van der Waals surface area contributed by atoms with Gasteiger partial charge in [0.2, 0.25) is 0 Å². The van der Waals surface area contributed by atoms with Crippen LogP contribution in [0.2, 0.25) is 0 Å². The second-order valence-corrected chi connectivity index (χ2v) is 14.7. The zero-order valence-electron chi connectivity index (χ0n) is 30.9. The zero-order valence-corrected chi connectivity index (χ0v) is 31.8. The SMILES string of the molecule is CCC/C=C\C/C=C\CCCCCCCC(=O)OC(COC(=O)CCCCCCC/C=C\CCC)COC1OC(CS(=O)(=O)O)C(O)C(O)C1O. The van der Waals surface area contributed by atoms with E-state index in [4.69, 9.17) is 18.9 Å².